The standard InChI is InChI=1S/C8H17NO2/c1-6(2)7(11)8(3,5-10)9-4/h6,9-10H,5H2,1-4H3. The fraction of sp³-hybridized carbons (Fsp3) is 0.875. The third kappa shape index (κ3) is 2.27. The van der Waals surface area contributed by atoms with Crippen molar-refractivity contribution in [1.82, 2.24) is 5.32 Å². The molecular weight excluding hydrogens is 142 g/mol. The minimum Gasteiger partial charge on any atom is -0.394 e. The van der Waals surface area contributed by atoms with E-state index in [0.29, 0.717) is 0 Å². The Labute approximate surface area is 67.8 Å². The fourth-order valence-corrected chi connectivity index (χ4v) is 0.917. The van der Waals surface area contributed by atoms with Crippen LogP contribution in [0.1, 0.15) is 20.8 Å². The molecule has 1 unspecified atom stereocenters. The van der Waals surface area contributed by atoms with Gasteiger partial charge in [0.05, 0.1) is 12.1 Å². The third-order valence-electron chi connectivity index (χ3n) is 1.94. The number of aliphatic hydroxyl groups is 1. The molecule has 0 aromatic carbocycles. The van der Waals surface area contributed by atoms with Crippen molar-refractivity contribution in [3.8, 4) is 0 Å². The Morgan fingerprint density at radius 2 is 2.09 bits per heavy atom. The average molecular weight is 159 g/mol. The number of carbonyl (C=O) groups excluding carboxylic acids is 1. The van der Waals surface area contributed by atoms with Crippen molar-refractivity contribution in [2.45, 2.75) is 26.3 Å². The quantitative estimate of drug-likeness (QED) is 0.615. The number of nitrogens with one attached hydrogen (secondary N) is 1. The van der Waals surface area contributed by atoms with Crippen molar-refractivity contribution in [3.63, 3.8) is 0 Å². The van der Waals surface area contributed by atoms with Gasteiger partial charge in [-0.3, -0.25) is 4.79 Å². The van der Waals surface area contributed by atoms with E-state index < -0.39 is 5.54 Å². The molecule has 0 bridgehead atoms. The molecule has 0 aliphatic heterocycles. The second kappa shape index (κ2) is 3.83. The van der Waals surface area contributed by atoms with Gasteiger partial charge in [-0.05, 0) is 14.0 Å². The summed E-state index contributed by atoms with van der Waals surface area (Å²) in [5, 5.41) is 11.7. The van der Waals surface area contributed by atoms with Crippen molar-refractivity contribution in [1.29, 1.82) is 0 Å². The van der Waals surface area contributed by atoms with Crippen LogP contribution in [0.2, 0.25) is 0 Å². The zero-order valence-electron chi connectivity index (χ0n) is 7.64. The third-order valence-corrected chi connectivity index (χ3v) is 1.94. The molecule has 2 N–H and O–H groups in total. The van der Waals surface area contributed by atoms with Crippen LogP contribution >= 0.6 is 0 Å². The first kappa shape index (κ1) is 10.6. The Morgan fingerprint density at radius 1 is 1.64 bits per heavy atom. The molecule has 0 fully saturated rings. The molecule has 0 radical (unpaired) electrons. The highest BCUT2D eigenvalue weighted by atomic mass is 16.3. The molecule has 0 aliphatic rings. The number of ketones is 1. The normalized spacial score (nSPS) is 16.5. The van der Waals surface area contributed by atoms with Gasteiger partial charge in [0.15, 0.2) is 5.78 Å². The van der Waals surface area contributed by atoms with E-state index in [9.17, 15) is 4.79 Å². The maximum Gasteiger partial charge on any atom is 0.157 e. The summed E-state index contributed by atoms with van der Waals surface area (Å²) in [7, 11) is 1.68. The molecule has 0 saturated carbocycles. The molecule has 0 aromatic heterocycles. The van der Waals surface area contributed by atoms with Gasteiger partial charge in [0.1, 0.15) is 0 Å². The lowest BCUT2D eigenvalue weighted by Crippen LogP contribution is -2.52. The molecule has 66 valence electrons. The topological polar surface area (TPSA) is 49.3 Å². The summed E-state index contributed by atoms with van der Waals surface area (Å²) >= 11 is 0. The zero-order valence-corrected chi connectivity index (χ0v) is 7.64. The highest BCUT2D eigenvalue weighted by molar-refractivity contribution is 5.89. The highest BCUT2D eigenvalue weighted by Crippen LogP contribution is 2.10. The largest absolute Gasteiger partial charge is 0.394 e. The second-order valence-corrected chi connectivity index (χ2v) is 3.26. The molecular formula is C8H17NO2. The molecule has 0 rings (SSSR count). The molecule has 11 heavy (non-hydrogen) atoms. The van der Waals surface area contributed by atoms with Gasteiger partial charge in [0.2, 0.25) is 0 Å². The lowest BCUT2D eigenvalue weighted by Gasteiger charge is -2.26. The summed E-state index contributed by atoms with van der Waals surface area (Å²) < 4.78 is 0. The van der Waals surface area contributed by atoms with E-state index in [1.54, 1.807) is 14.0 Å². The van der Waals surface area contributed by atoms with Gasteiger partial charge in [0, 0.05) is 5.92 Å². The molecule has 3 nitrogen and oxygen atoms in total. The van der Waals surface area contributed by atoms with Crippen LogP contribution in [0.4, 0.5) is 0 Å². The van der Waals surface area contributed by atoms with Gasteiger partial charge in [-0.25, -0.2) is 0 Å². The second-order valence-electron chi connectivity index (χ2n) is 3.26. The van der Waals surface area contributed by atoms with Crippen LogP contribution in [-0.2, 0) is 4.79 Å². The molecule has 0 amide bonds. The number of aliphatic hydroxyl groups excluding tert-OH is 1. The Hall–Kier alpha value is -0.410. The summed E-state index contributed by atoms with van der Waals surface area (Å²) in [5.41, 5.74) is -0.770. The summed E-state index contributed by atoms with van der Waals surface area (Å²) in [6.07, 6.45) is 0. The predicted molar refractivity (Wildman–Crippen MR) is 44.4 cm³/mol. The van der Waals surface area contributed by atoms with Crippen molar-refractivity contribution in [2.24, 2.45) is 5.92 Å². The van der Waals surface area contributed by atoms with Gasteiger partial charge in [-0.15, -0.1) is 0 Å². The molecule has 0 aliphatic carbocycles. The number of likely N-dealkylation sites (N-methyl/N-ethyl adjacent to an activating group) is 1. The lowest BCUT2D eigenvalue weighted by molar-refractivity contribution is -0.129. The molecule has 0 heterocycles. The molecule has 0 spiro atoms. The summed E-state index contributed by atoms with van der Waals surface area (Å²) in [5.74, 6) is 0.00194. The van der Waals surface area contributed by atoms with Crippen LogP contribution in [-0.4, -0.2) is 30.1 Å². The fourth-order valence-electron chi connectivity index (χ4n) is 0.917. The average Bonchev–Trinajstić information content (AvgIpc) is 2.01. The van der Waals surface area contributed by atoms with E-state index in [0.717, 1.165) is 0 Å². The van der Waals surface area contributed by atoms with Crippen LogP contribution in [0.5, 0.6) is 0 Å². The molecule has 0 aromatic rings. The van der Waals surface area contributed by atoms with Crippen LogP contribution in [0, 0.1) is 5.92 Å². The van der Waals surface area contributed by atoms with Gasteiger partial charge >= 0.3 is 0 Å². The Kier molecular flexibility index (Phi) is 3.69. The highest BCUT2D eigenvalue weighted by Gasteiger charge is 2.31. The maximum atomic E-state index is 11.4. The number of carbonyl (C=O) groups is 1. The minimum absolute atomic E-state index is 0.0420. The Bertz CT molecular complexity index is 139. The predicted octanol–water partition coefficient (Wildman–Crippen LogP) is 0.182. The van der Waals surface area contributed by atoms with Crippen molar-refractivity contribution >= 4 is 5.78 Å². The monoisotopic (exact) mass is 159 g/mol. The molecule has 1 atom stereocenters. The van der Waals surface area contributed by atoms with Crippen LogP contribution in [0.15, 0.2) is 0 Å². The van der Waals surface area contributed by atoms with Crippen molar-refractivity contribution in [3.05, 3.63) is 0 Å². The van der Waals surface area contributed by atoms with Crippen LogP contribution in [0.3, 0.4) is 0 Å². The number of hydrogen-bond acceptors (Lipinski definition) is 3. The van der Waals surface area contributed by atoms with E-state index in [1.807, 2.05) is 13.8 Å². The van der Waals surface area contributed by atoms with Gasteiger partial charge in [0.25, 0.3) is 0 Å². The van der Waals surface area contributed by atoms with E-state index in [-0.39, 0.29) is 18.3 Å². The first-order chi connectivity index (χ1) is 4.98. The molecule has 0 saturated heterocycles. The number of Topliss-reactive ketones (excluding diaryl/α,β-unsaturated/α-hetero) is 1. The van der Waals surface area contributed by atoms with Crippen molar-refractivity contribution < 1.29 is 9.90 Å². The van der Waals surface area contributed by atoms with Gasteiger partial charge < -0.3 is 10.4 Å². The van der Waals surface area contributed by atoms with E-state index >= 15 is 0 Å². The Balaban J connectivity index is 4.37. The maximum absolute atomic E-state index is 11.4. The number of rotatable bonds is 4. The van der Waals surface area contributed by atoms with Crippen LogP contribution < -0.4 is 5.32 Å². The van der Waals surface area contributed by atoms with E-state index in [1.165, 1.54) is 0 Å². The number of hydrogen-bond donors (Lipinski definition) is 2. The SMILES string of the molecule is CNC(C)(CO)C(=O)C(C)C. The first-order valence-electron chi connectivity index (χ1n) is 3.82. The van der Waals surface area contributed by atoms with E-state index in [4.69, 9.17) is 5.11 Å². The summed E-state index contributed by atoms with van der Waals surface area (Å²) in [6.45, 7) is 5.21. The summed E-state index contributed by atoms with van der Waals surface area (Å²) in [4.78, 5) is 11.4. The zero-order chi connectivity index (χ0) is 9.07. The van der Waals surface area contributed by atoms with E-state index in [2.05, 4.69) is 5.32 Å². The van der Waals surface area contributed by atoms with Crippen LogP contribution in [0.25, 0.3) is 0 Å². The van der Waals surface area contributed by atoms with Gasteiger partial charge in [-0.1, -0.05) is 13.8 Å². The summed E-state index contributed by atoms with van der Waals surface area (Å²) in [6, 6.07) is 0. The lowest BCUT2D eigenvalue weighted by atomic mass is 9.90. The minimum atomic E-state index is -0.770. The smallest absolute Gasteiger partial charge is 0.157 e. The van der Waals surface area contributed by atoms with Crippen molar-refractivity contribution in [2.75, 3.05) is 13.7 Å². The molecule has 3 heteroatoms. The Morgan fingerprint density at radius 3 is 2.18 bits per heavy atom. The first-order valence-corrected chi connectivity index (χ1v) is 3.82. The van der Waals surface area contributed by atoms with Gasteiger partial charge in [-0.2, -0.15) is 0 Å².